The summed E-state index contributed by atoms with van der Waals surface area (Å²) < 4.78 is 5.18. The number of hydrogen-bond acceptors (Lipinski definition) is 5. The van der Waals surface area contributed by atoms with Crippen molar-refractivity contribution >= 4 is 16.9 Å². The number of fused-ring (bicyclic) bond motifs is 1. The van der Waals surface area contributed by atoms with Crippen LogP contribution in [0.5, 0.6) is 0 Å². The van der Waals surface area contributed by atoms with Gasteiger partial charge in [0.05, 0.1) is 5.69 Å². The highest BCUT2D eigenvalue weighted by molar-refractivity contribution is 5.87. The van der Waals surface area contributed by atoms with Gasteiger partial charge in [0.25, 0.3) is 5.71 Å². The van der Waals surface area contributed by atoms with Crippen LogP contribution < -0.4 is 4.90 Å². The quantitative estimate of drug-likeness (QED) is 0.755. The molecule has 0 unspecified atom stereocenters. The van der Waals surface area contributed by atoms with Crippen LogP contribution in [0.2, 0.25) is 0 Å². The Morgan fingerprint density at radius 1 is 1.12 bits per heavy atom. The van der Waals surface area contributed by atoms with E-state index in [1.165, 1.54) is 25.7 Å². The van der Waals surface area contributed by atoms with Gasteiger partial charge in [-0.15, -0.1) is 0 Å². The van der Waals surface area contributed by atoms with Gasteiger partial charge in [0.2, 0.25) is 0 Å². The molecule has 0 bridgehead atoms. The van der Waals surface area contributed by atoms with Crippen molar-refractivity contribution in [3.63, 3.8) is 0 Å². The highest BCUT2D eigenvalue weighted by Gasteiger charge is 2.18. The topological polar surface area (TPSA) is 55.1 Å². The van der Waals surface area contributed by atoms with Gasteiger partial charge in [0, 0.05) is 13.1 Å². The fourth-order valence-electron chi connectivity index (χ4n) is 2.43. The summed E-state index contributed by atoms with van der Waals surface area (Å²) in [4.78, 5) is 10.9. The first-order chi connectivity index (χ1) is 8.36. The lowest BCUT2D eigenvalue weighted by molar-refractivity contribution is 0.442. The van der Waals surface area contributed by atoms with Gasteiger partial charge < -0.3 is 9.42 Å². The first-order valence-electron chi connectivity index (χ1n) is 6.18. The van der Waals surface area contributed by atoms with Crippen molar-refractivity contribution in [2.24, 2.45) is 0 Å². The van der Waals surface area contributed by atoms with Gasteiger partial charge in [0.15, 0.2) is 0 Å². The molecular formula is C12H16N4O. The molecule has 0 amide bonds. The first-order valence-corrected chi connectivity index (χ1v) is 6.18. The normalized spacial score (nSPS) is 17.4. The molecular weight excluding hydrogens is 216 g/mol. The minimum atomic E-state index is 0.594. The summed E-state index contributed by atoms with van der Waals surface area (Å²) in [6.07, 6.45) is 6.65. The van der Waals surface area contributed by atoms with Gasteiger partial charge in [-0.25, -0.2) is 4.98 Å². The maximum Gasteiger partial charge on any atom is 0.263 e. The van der Waals surface area contributed by atoms with Gasteiger partial charge in [-0.1, -0.05) is 18.0 Å². The van der Waals surface area contributed by atoms with Gasteiger partial charge in [-0.05, 0) is 19.8 Å². The lowest BCUT2D eigenvalue weighted by Gasteiger charge is -2.21. The summed E-state index contributed by atoms with van der Waals surface area (Å²) in [5.41, 5.74) is 1.47. The Bertz CT molecular complexity index is 514. The Hall–Kier alpha value is -1.65. The van der Waals surface area contributed by atoms with Crippen LogP contribution in [-0.2, 0) is 0 Å². The minimum absolute atomic E-state index is 0.594. The Balaban J connectivity index is 2.06. The standard InChI is InChI=1S/C12H16N4O/c1-9-10-11(13-8-14-12(10)17-15-9)16-6-4-2-3-5-7-16/h8H,2-7H2,1H3. The van der Waals surface area contributed by atoms with E-state index in [1.54, 1.807) is 6.33 Å². The molecule has 17 heavy (non-hydrogen) atoms. The molecule has 1 aliphatic rings. The fraction of sp³-hybridized carbons (Fsp3) is 0.583. The van der Waals surface area contributed by atoms with E-state index in [4.69, 9.17) is 4.52 Å². The third-order valence-corrected chi connectivity index (χ3v) is 3.33. The Morgan fingerprint density at radius 3 is 2.65 bits per heavy atom. The van der Waals surface area contributed by atoms with Gasteiger partial charge in [0.1, 0.15) is 17.5 Å². The van der Waals surface area contributed by atoms with Gasteiger partial charge >= 0.3 is 0 Å². The predicted octanol–water partition coefficient (Wildman–Crippen LogP) is 2.31. The van der Waals surface area contributed by atoms with Crippen molar-refractivity contribution in [3.05, 3.63) is 12.0 Å². The van der Waals surface area contributed by atoms with E-state index in [9.17, 15) is 0 Å². The maximum absolute atomic E-state index is 5.18. The van der Waals surface area contributed by atoms with Crippen molar-refractivity contribution in [3.8, 4) is 0 Å². The second-order valence-electron chi connectivity index (χ2n) is 4.55. The molecule has 1 aliphatic heterocycles. The van der Waals surface area contributed by atoms with Crippen molar-refractivity contribution in [2.45, 2.75) is 32.6 Å². The SMILES string of the molecule is Cc1noc2ncnc(N3CCCCCC3)c12. The number of nitrogens with zero attached hydrogens (tertiary/aromatic N) is 4. The maximum atomic E-state index is 5.18. The molecule has 5 nitrogen and oxygen atoms in total. The molecule has 90 valence electrons. The summed E-state index contributed by atoms with van der Waals surface area (Å²) in [6.45, 7) is 4.07. The molecule has 0 aliphatic carbocycles. The molecule has 0 radical (unpaired) electrons. The molecule has 0 N–H and O–H groups in total. The molecule has 5 heteroatoms. The number of aromatic nitrogens is 3. The van der Waals surface area contributed by atoms with E-state index < -0.39 is 0 Å². The number of hydrogen-bond donors (Lipinski definition) is 0. The van der Waals surface area contributed by atoms with Crippen molar-refractivity contribution in [1.82, 2.24) is 15.1 Å². The zero-order valence-corrected chi connectivity index (χ0v) is 10.0. The summed E-state index contributed by atoms with van der Waals surface area (Å²) in [6, 6.07) is 0. The minimum Gasteiger partial charge on any atom is -0.356 e. The third-order valence-electron chi connectivity index (χ3n) is 3.33. The fourth-order valence-corrected chi connectivity index (χ4v) is 2.43. The van der Waals surface area contributed by atoms with Crippen LogP contribution in [0, 0.1) is 6.92 Å². The first kappa shape index (κ1) is 10.5. The van der Waals surface area contributed by atoms with E-state index >= 15 is 0 Å². The van der Waals surface area contributed by atoms with Crippen LogP contribution in [0.1, 0.15) is 31.4 Å². The molecule has 3 heterocycles. The number of aryl methyl sites for hydroxylation is 1. The van der Waals surface area contributed by atoms with E-state index in [0.29, 0.717) is 5.71 Å². The second-order valence-corrected chi connectivity index (χ2v) is 4.55. The molecule has 1 fully saturated rings. The van der Waals surface area contributed by atoms with Crippen molar-refractivity contribution in [2.75, 3.05) is 18.0 Å². The molecule has 0 saturated carbocycles. The van der Waals surface area contributed by atoms with E-state index in [1.807, 2.05) is 6.92 Å². The highest BCUT2D eigenvalue weighted by Crippen LogP contribution is 2.27. The monoisotopic (exact) mass is 232 g/mol. The zero-order valence-electron chi connectivity index (χ0n) is 10.0. The summed E-state index contributed by atoms with van der Waals surface area (Å²) in [5, 5.41) is 4.94. The lowest BCUT2D eigenvalue weighted by Crippen LogP contribution is -2.25. The van der Waals surface area contributed by atoms with Crippen LogP contribution in [-0.4, -0.2) is 28.2 Å². The average Bonchev–Trinajstić information content (AvgIpc) is 2.59. The number of rotatable bonds is 1. The van der Waals surface area contributed by atoms with Crippen LogP contribution >= 0.6 is 0 Å². The average molecular weight is 232 g/mol. The molecule has 0 aromatic carbocycles. The summed E-state index contributed by atoms with van der Waals surface area (Å²) in [5.74, 6) is 0.982. The predicted molar refractivity (Wildman–Crippen MR) is 65.0 cm³/mol. The summed E-state index contributed by atoms with van der Waals surface area (Å²) >= 11 is 0. The molecule has 1 saturated heterocycles. The number of anilines is 1. The van der Waals surface area contributed by atoms with Crippen LogP contribution in [0.3, 0.4) is 0 Å². The Labute approximate surface area is 99.8 Å². The third kappa shape index (κ3) is 1.85. The molecule has 2 aromatic heterocycles. The molecule has 2 aromatic rings. The van der Waals surface area contributed by atoms with Crippen molar-refractivity contribution in [1.29, 1.82) is 0 Å². The largest absolute Gasteiger partial charge is 0.356 e. The van der Waals surface area contributed by atoms with E-state index in [0.717, 1.165) is 30.0 Å². The Morgan fingerprint density at radius 2 is 1.88 bits per heavy atom. The zero-order chi connectivity index (χ0) is 11.7. The molecule has 3 rings (SSSR count). The van der Waals surface area contributed by atoms with Crippen LogP contribution in [0.25, 0.3) is 11.1 Å². The summed E-state index contributed by atoms with van der Waals surface area (Å²) in [7, 11) is 0. The highest BCUT2D eigenvalue weighted by atomic mass is 16.5. The smallest absolute Gasteiger partial charge is 0.263 e. The van der Waals surface area contributed by atoms with Crippen molar-refractivity contribution < 1.29 is 4.52 Å². The van der Waals surface area contributed by atoms with Crippen LogP contribution in [0.15, 0.2) is 10.9 Å². The van der Waals surface area contributed by atoms with Gasteiger partial charge in [-0.3, -0.25) is 0 Å². The molecule has 0 atom stereocenters. The van der Waals surface area contributed by atoms with Gasteiger partial charge in [-0.2, -0.15) is 4.98 Å². The molecule has 0 spiro atoms. The van der Waals surface area contributed by atoms with Crippen LogP contribution in [0.4, 0.5) is 5.82 Å². The second kappa shape index (κ2) is 4.31. The lowest BCUT2D eigenvalue weighted by atomic mass is 10.2. The van der Waals surface area contributed by atoms with E-state index in [-0.39, 0.29) is 0 Å². The Kier molecular flexibility index (Phi) is 2.66. The van der Waals surface area contributed by atoms with E-state index in [2.05, 4.69) is 20.0 Å².